The molecule has 2 aromatic carbocycles. The summed E-state index contributed by atoms with van der Waals surface area (Å²) in [7, 11) is 0. The number of aromatic carboxylic acids is 1. The smallest absolute Gasteiger partial charge is 0.360 e. The molecule has 3 rings (SSSR count). The van der Waals surface area contributed by atoms with Gasteiger partial charge < -0.3 is 9.84 Å². The minimum Gasteiger partial charge on any atom is -0.483 e. The first-order valence-corrected chi connectivity index (χ1v) is 7.69. The molecule has 1 N–H and O–H groups in total. The van der Waals surface area contributed by atoms with E-state index in [1.807, 2.05) is 60.7 Å². The zero-order valence-corrected chi connectivity index (χ0v) is 14.6. The molecule has 134 valence electrons. The maximum atomic E-state index is 12.3. The molecule has 0 bridgehead atoms. The maximum absolute atomic E-state index is 12.3. The van der Waals surface area contributed by atoms with Gasteiger partial charge in [-0.05, 0) is 11.1 Å². The second-order valence-electron chi connectivity index (χ2n) is 5.43. The van der Waals surface area contributed by atoms with Crippen LogP contribution in [0.2, 0.25) is 0 Å². The van der Waals surface area contributed by atoms with Crippen molar-refractivity contribution in [2.45, 2.75) is 13.2 Å². The molecule has 7 heteroatoms. The van der Waals surface area contributed by atoms with E-state index in [2.05, 4.69) is 5.10 Å². The highest BCUT2D eigenvalue weighted by atomic mass is 35.5. The van der Waals surface area contributed by atoms with Crippen LogP contribution in [-0.2, 0) is 13.2 Å². The fourth-order valence-electron chi connectivity index (χ4n) is 2.34. The van der Waals surface area contributed by atoms with E-state index >= 15 is 0 Å². The van der Waals surface area contributed by atoms with Gasteiger partial charge in [0.1, 0.15) is 6.61 Å². The summed E-state index contributed by atoms with van der Waals surface area (Å²) in [5.74, 6) is -1.41. The fourth-order valence-corrected chi connectivity index (χ4v) is 2.34. The molecular formula is C19H17ClN2O4. The molecule has 0 aliphatic heterocycles. The van der Waals surface area contributed by atoms with Crippen molar-refractivity contribution in [2.75, 3.05) is 0 Å². The van der Waals surface area contributed by atoms with Gasteiger partial charge in [0, 0.05) is 0 Å². The number of aromatic nitrogens is 2. The molecule has 0 fully saturated rings. The molecule has 0 atom stereocenters. The third-order valence-corrected chi connectivity index (χ3v) is 3.56. The van der Waals surface area contributed by atoms with Crippen LogP contribution in [-0.4, -0.2) is 20.9 Å². The van der Waals surface area contributed by atoms with E-state index in [1.165, 1.54) is 10.9 Å². The second-order valence-corrected chi connectivity index (χ2v) is 5.43. The summed E-state index contributed by atoms with van der Waals surface area (Å²) in [5, 5.41) is 13.1. The Hall–Kier alpha value is -3.12. The number of halogens is 1. The van der Waals surface area contributed by atoms with Gasteiger partial charge >= 0.3 is 5.97 Å². The number of carbonyl (C=O) groups is 1. The van der Waals surface area contributed by atoms with Crippen molar-refractivity contribution in [3.05, 3.63) is 93.9 Å². The first-order valence-electron chi connectivity index (χ1n) is 7.69. The Morgan fingerprint density at radius 1 is 1.00 bits per heavy atom. The summed E-state index contributed by atoms with van der Waals surface area (Å²) < 4.78 is 6.96. The van der Waals surface area contributed by atoms with Gasteiger partial charge in [-0.15, -0.1) is 12.4 Å². The summed E-state index contributed by atoms with van der Waals surface area (Å²) in [6, 6.07) is 18.8. The number of ether oxygens (including phenoxy) is 1. The summed E-state index contributed by atoms with van der Waals surface area (Å²) >= 11 is 0. The highest BCUT2D eigenvalue weighted by Crippen LogP contribution is 2.10. The van der Waals surface area contributed by atoms with Crippen molar-refractivity contribution < 1.29 is 14.6 Å². The molecule has 0 spiro atoms. The van der Waals surface area contributed by atoms with Gasteiger partial charge in [-0.1, -0.05) is 60.7 Å². The molecule has 0 amide bonds. The highest BCUT2D eigenvalue weighted by molar-refractivity contribution is 5.85. The topological polar surface area (TPSA) is 81.4 Å². The Kier molecular flexibility index (Phi) is 6.52. The summed E-state index contributed by atoms with van der Waals surface area (Å²) in [6.45, 7) is 0.508. The zero-order chi connectivity index (χ0) is 17.6. The Balaban J connectivity index is 0.00000243. The lowest BCUT2D eigenvalue weighted by Crippen LogP contribution is -2.24. The minimum absolute atomic E-state index is 0. The molecule has 1 heterocycles. The summed E-state index contributed by atoms with van der Waals surface area (Å²) in [4.78, 5) is 23.6. The minimum atomic E-state index is -1.38. The van der Waals surface area contributed by atoms with E-state index in [0.29, 0.717) is 6.54 Å². The van der Waals surface area contributed by atoms with Gasteiger partial charge in [0.2, 0.25) is 5.69 Å². The van der Waals surface area contributed by atoms with Crippen molar-refractivity contribution in [1.29, 1.82) is 0 Å². The Bertz CT molecular complexity index is 927. The normalized spacial score (nSPS) is 10.0. The van der Waals surface area contributed by atoms with E-state index in [-0.39, 0.29) is 24.8 Å². The molecule has 0 saturated heterocycles. The second kappa shape index (κ2) is 8.82. The molecule has 0 aliphatic rings. The van der Waals surface area contributed by atoms with Crippen LogP contribution < -0.4 is 10.2 Å². The van der Waals surface area contributed by atoms with E-state index in [1.54, 1.807) is 0 Å². The first kappa shape index (κ1) is 19.2. The summed E-state index contributed by atoms with van der Waals surface area (Å²) in [6.07, 6.45) is 1.44. The molecule has 0 unspecified atom stereocenters. The average molecular weight is 373 g/mol. The van der Waals surface area contributed by atoms with E-state index in [4.69, 9.17) is 4.74 Å². The molecule has 0 saturated carbocycles. The summed E-state index contributed by atoms with van der Waals surface area (Å²) in [5.41, 5.74) is 0.531. The predicted octanol–water partition coefficient (Wildman–Crippen LogP) is 2.99. The lowest BCUT2D eigenvalue weighted by atomic mass is 10.2. The van der Waals surface area contributed by atoms with Crippen molar-refractivity contribution >= 4 is 18.4 Å². The van der Waals surface area contributed by atoms with Crippen molar-refractivity contribution in [3.8, 4) is 5.75 Å². The number of rotatable bonds is 6. The Morgan fingerprint density at radius 2 is 1.58 bits per heavy atom. The van der Waals surface area contributed by atoms with E-state index in [0.717, 1.165) is 11.1 Å². The van der Waals surface area contributed by atoms with Crippen LogP contribution in [0.25, 0.3) is 0 Å². The van der Waals surface area contributed by atoms with Gasteiger partial charge in [-0.25, -0.2) is 4.79 Å². The number of hydrogen-bond acceptors (Lipinski definition) is 4. The van der Waals surface area contributed by atoms with Crippen LogP contribution >= 0.6 is 12.4 Å². The van der Waals surface area contributed by atoms with Crippen LogP contribution in [0.3, 0.4) is 0 Å². The van der Waals surface area contributed by atoms with Crippen LogP contribution in [0.4, 0.5) is 0 Å². The monoisotopic (exact) mass is 372 g/mol. The number of carboxylic acids is 1. The number of benzene rings is 2. The first-order chi connectivity index (χ1) is 12.1. The van der Waals surface area contributed by atoms with Crippen molar-refractivity contribution in [3.63, 3.8) is 0 Å². The van der Waals surface area contributed by atoms with Crippen LogP contribution in [0.5, 0.6) is 5.75 Å². The third kappa shape index (κ3) is 4.70. The van der Waals surface area contributed by atoms with Gasteiger partial charge in [-0.3, -0.25) is 9.48 Å². The van der Waals surface area contributed by atoms with Gasteiger partial charge in [0.05, 0.1) is 12.7 Å². The van der Waals surface area contributed by atoms with E-state index < -0.39 is 17.1 Å². The molecule has 1 aromatic heterocycles. The Labute approximate surface area is 156 Å². The van der Waals surface area contributed by atoms with Crippen LogP contribution in [0, 0.1) is 0 Å². The van der Waals surface area contributed by atoms with Crippen molar-refractivity contribution in [2.24, 2.45) is 0 Å². The third-order valence-electron chi connectivity index (χ3n) is 3.56. The quantitative estimate of drug-likeness (QED) is 0.719. The van der Waals surface area contributed by atoms with Crippen LogP contribution in [0.1, 0.15) is 21.6 Å². The molecule has 6 nitrogen and oxygen atoms in total. The maximum Gasteiger partial charge on any atom is 0.360 e. The zero-order valence-electron chi connectivity index (χ0n) is 13.7. The molecule has 3 aromatic rings. The predicted molar refractivity (Wildman–Crippen MR) is 99.0 cm³/mol. The fraction of sp³-hybridized carbons (Fsp3) is 0.105. The number of carboxylic acid groups (broad SMARTS) is 1. The van der Waals surface area contributed by atoms with Gasteiger partial charge in [0.15, 0.2) is 5.75 Å². The number of hydrogen-bond donors (Lipinski definition) is 1. The van der Waals surface area contributed by atoms with Crippen LogP contribution in [0.15, 0.2) is 71.7 Å². The lowest BCUT2D eigenvalue weighted by Gasteiger charge is -2.11. The van der Waals surface area contributed by atoms with Gasteiger partial charge in [-0.2, -0.15) is 5.10 Å². The largest absolute Gasteiger partial charge is 0.483 e. The highest BCUT2D eigenvalue weighted by Gasteiger charge is 2.17. The standard InChI is InChI=1S/C19H16N2O4.ClH/c22-18-16(25-13-15-9-5-2-6-10-15)12-21(20-17(18)19(23)24)11-14-7-3-1-4-8-14;/h1-10,12H,11,13H2,(H,23,24);1H. The van der Waals surface area contributed by atoms with E-state index in [9.17, 15) is 14.7 Å². The lowest BCUT2D eigenvalue weighted by molar-refractivity contribution is 0.0685. The molecule has 0 aliphatic carbocycles. The van der Waals surface area contributed by atoms with Crippen molar-refractivity contribution in [1.82, 2.24) is 9.78 Å². The average Bonchev–Trinajstić information content (AvgIpc) is 2.63. The molecule has 0 radical (unpaired) electrons. The Morgan fingerprint density at radius 3 is 2.15 bits per heavy atom. The SMILES string of the molecule is Cl.O=C(O)c1nn(Cc2ccccc2)cc(OCc2ccccc2)c1=O. The molecule has 26 heavy (non-hydrogen) atoms. The van der Waals surface area contributed by atoms with Gasteiger partial charge in [0.25, 0.3) is 5.43 Å². The number of nitrogens with zero attached hydrogens (tertiary/aromatic N) is 2. The molecular weight excluding hydrogens is 356 g/mol.